The third-order valence-corrected chi connectivity index (χ3v) is 3.93. The van der Waals surface area contributed by atoms with Crippen LogP contribution in [0.5, 0.6) is 17.2 Å². The van der Waals surface area contributed by atoms with Crippen molar-refractivity contribution in [2.45, 2.75) is 19.8 Å². The minimum Gasteiger partial charge on any atom is -0.497 e. The lowest BCUT2D eigenvalue weighted by Gasteiger charge is -2.14. The van der Waals surface area contributed by atoms with E-state index < -0.39 is 0 Å². The van der Waals surface area contributed by atoms with E-state index >= 15 is 0 Å². The van der Waals surface area contributed by atoms with Crippen molar-refractivity contribution in [3.63, 3.8) is 0 Å². The maximum absolute atomic E-state index is 5.75. The van der Waals surface area contributed by atoms with Crippen LogP contribution in [0.1, 0.15) is 25.3 Å². The number of benzene rings is 1. The Bertz CT molecular complexity index is 783. The zero-order chi connectivity index (χ0) is 20.4. The Kier molecular flexibility index (Phi) is 8.20. The number of nitrogen functional groups attached to an aromatic ring is 1. The Labute approximate surface area is 165 Å². The summed E-state index contributed by atoms with van der Waals surface area (Å²) in [5, 5.41) is 3.22. The van der Waals surface area contributed by atoms with Crippen molar-refractivity contribution >= 4 is 17.5 Å². The van der Waals surface area contributed by atoms with Gasteiger partial charge in [0.1, 0.15) is 30.5 Å². The summed E-state index contributed by atoms with van der Waals surface area (Å²) in [5.41, 5.74) is 6.44. The van der Waals surface area contributed by atoms with Gasteiger partial charge in [0.15, 0.2) is 11.6 Å². The van der Waals surface area contributed by atoms with E-state index in [0.29, 0.717) is 42.0 Å². The van der Waals surface area contributed by atoms with Gasteiger partial charge in [0.05, 0.1) is 26.0 Å². The monoisotopic (exact) mass is 388 g/mol. The topological polar surface area (TPSA) is 101 Å². The van der Waals surface area contributed by atoms with E-state index in [9.17, 15) is 0 Å². The highest BCUT2D eigenvalue weighted by molar-refractivity contribution is 5.65. The molecule has 8 nitrogen and oxygen atoms in total. The van der Waals surface area contributed by atoms with E-state index in [-0.39, 0.29) is 5.95 Å². The summed E-state index contributed by atoms with van der Waals surface area (Å²) in [6.07, 6.45) is 3.67. The largest absolute Gasteiger partial charge is 0.497 e. The summed E-state index contributed by atoms with van der Waals surface area (Å²) in [7, 11) is 3.15. The minimum absolute atomic E-state index is 0.201. The fraction of sp³-hybridized carbons (Fsp3) is 0.400. The molecule has 2 rings (SSSR count). The molecule has 2 aromatic rings. The van der Waals surface area contributed by atoms with Crippen LogP contribution in [-0.4, -0.2) is 43.9 Å². The lowest BCUT2D eigenvalue weighted by atomic mass is 10.1. The quantitative estimate of drug-likeness (QED) is 0.422. The van der Waals surface area contributed by atoms with E-state index in [1.807, 2.05) is 12.1 Å². The lowest BCUT2D eigenvalue weighted by molar-refractivity contribution is 0.216. The predicted molar refractivity (Wildman–Crippen MR) is 110 cm³/mol. The summed E-state index contributed by atoms with van der Waals surface area (Å²) in [6.45, 7) is 7.42. The van der Waals surface area contributed by atoms with Crippen LogP contribution < -0.4 is 25.3 Å². The smallest absolute Gasteiger partial charge is 0.222 e. The molecular weight excluding hydrogens is 360 g/mol. The number of hydrogen-bond donors (Lipinski definition) is 2. The van der Waals surface area contributed by atoms with Crippen molar-refractivity contribution in [2.24, 2.45) is 0 Å². The molecule has 0 atom stereocenters. The number of nitrogens with one attached hydrogen (secondary N) is 1. The van der Waals surface area contributed by atoms with Gasteiger partial charge in [0, 0.05) is 12.6 Å². The highest BCUT2D eigenvalue weighted by Crippen LogP contribution is 2.29. The second-order valence-corrected chi connectivity index (χ2v) is 5.91. The number of nitrogens with zero attached hydrogens (tertiary/aromatic N) is 2. The molecule has 8 heteroatoms. The molecule has 1 aromatic heterocycles. The Morgan fingerprint density at radius 2 is 1.96 bits per heavy atom. The second-order valence-electron chi connectivity index (χ2n) is 5.91. The van der Waals surface area contributed by atoms with Gasteiger partial charge < -0.3 is 30.0 Å². The number of aromatic nitrogens is 2. The van der Waals surface area contributed by atoms with Crippen molar-refractivity contribution in [1.82, 2.24) is 9.97 Å². The average Bonchev–Trinajstić information content (AvgIpc) is 2.71. The molecule has 0 saturated heterocycles. The fourth-order valence-corrected chi connectivity index (χ4v) is 2.41. The zero-order valence-corrected chi connectivity index (χ0v) is 16.7. The summed E-state index contributed by atoms with van der Waals surface area (Å²) in [4.78, 5) is 8.18. The van der Waals surface area contributed by atoms with Crippen LogP contribution in [0, 0.1) is 0 Å². The van der Waals surface area contributed by atoms with E-state index in [0.717, 1.165) is 24.9 Å². The summed E-state index contributed by atoms with van der Waals surface area (Å²) in [6, 6.07) is 5.44. The van der Waals surface area contributed by atoms with E-state index in [1.165, 1.54) is 0 Å². The molecule has 0 aliphatic heterocycles. The first-order valence-corrected chi connectivity index (χ1v) is 9.12. The van der Waals surface area contributed by atoms with Gasteiger partial charge in [-0.15, -0.1) is 0 Å². The molecule has 0 radical (unpaired) electrons. The van der Waals surface area contributed by atoms with Crippen molar-refractivity contribution in [2.75, 3.05) is 45.0 Å². The number of rotatable bonds is 12. The highest BCUT2D eigenvalue weighted by atomic mass is 16.5. The van der Waals surface area contributed by atoms with Gasteiger partial charge in [-0.2, -0.15) is 4.98 Å². The molecule has 0 unspecified atom stereocenters. The molecule has 0 spiro atoms. The van der Waals surface area contributed by atoms with Gasteiger partial charge in [0.25, 0.3) is 0 Å². The first-order valence-electron chi connectivity index (χ1n) is 9.12. The average molecular weight is 388 g/mol. The predicted octanol–water partition coefficient (Wildman–Crippen LogP) is 3.35. The molecule has 152 valence electrons. The lowest BCUT2D eigenvalue weighted by Crippen LogP contribution is -2.13. The Balaban J connectivity index is 1.91. The SMILES string of the molecule is C=C(OC)c1ccc(OCCOc2cnc(N)nc2NCCCC)cc1OC. The molecule has 1 aromatic carbocycles. The molecule has 0 aliphatic carbocycles. The standard InChI is InChI=1S/C20H28N4O4/c1-5-6-9-22-19-18(13-23-20(21)24-19)28-11-10-27-15-7-8-16(14(2)25-3)17(12-15)26-4/h7-8,12-13H,2,5-6,9-11H2,1,3-4H3,(H3,21,22,23,24). The summed E-state index contributed by atoms with van der Waals surface area (Å²) in [5.74, 6) is 3.14. The third-order valence-electron chi connectivity index (χ3n) is 3.93. The van der Waals surface area contributed by atoms with Gasteiger partial charge >= 0.3 is 0 Å². The van der Waals surface area contributed by atoms with Crippen LogP contribution in [0.4, 0.5) is 11.8 Å². The number of unbranched alkanes of at least 4 members (excludes halogenated alkanes) is 1. The van der Waals surface area contributed by atoms with Gasteiger partial charge in [-0.25, -0.2) is 4.98 Å². The van der Waals surface area contributed by atoms with E-state index in [4.69, 9.17) is 24.7 Å². The summed E-state index contributed by atoms with van der Waals surface area (Å²) < 4.78 is 22.0. The number of nitrogens with two attached hydrogens (primary N) is 1. The van der Waals surface area contributed by atoms with Crippen molar-refractivity contribution in [3.05, 3.63) is 36.5 Å². The van der Waals surface area contributed by atoms with Crippen LogP contribution in [0.25, 0.3) is 5.76 Å². The Morgan fingerprint density at radius 3 is 2.68 bits per heavy atom. The molecule has 0 aliphatic rings. The molecule has 0 saturated carbocycles. The highest BCUT2D eigenvalue weighted by Gasteiger charge is 2.10. The molecule has 0 amide bonds. The normalized spacial score (nSPS) is 10.2. The van der Waals surface area contributed by atoms with E-state index in [1.54, 1.807) is 26.5 Å². The number of anilines is 2. The van der Waals surface area contributed by atoms with E-state index in [2.05, 4.69) is 28.8 Å². The first kappa shape index (κ1) is 21.1. The van der Waals surface area contributed by atoms with Crippen molar-refractivity contribution in [1.29, 1.82) is 0 Å². The Morgan fingerprint density at radius 1 is 1.18 bits per heavy atom. The minimum atomic E-state index is 0.201. The number of hydrogen-bond acceptors (Lipinski definition) is 8. The van der Waals surface area contributed by atoms with Gasteiger partial charge in [-0.1, -0.05) is 19.9 Å². The maximum Gasteiger partial charge on any atom is 0.222 e. The third kappa shape index (κ3) is 5.94. The molecule has 28 heavy (non-hydrogen) atoms. The second kappa shape index (κ2) is 10.9. The molecule has 0 bridgehead atoms. The Hall–Kier alpha value is -3.16. The van der Waals surface area contributed by atoms with Crippen molar-refractivity contribution in [3.8, 4) is 17.2 Å². The van der Waals surface area contributed by atoms with Crippen LogP contribution >= 0.6 is 0 Å². The van der Waals surface area contributed by atoms with Gasteiger partial charge in [-0.3, -0.25) is 0 Å². The molecule has 3 N–H and O–H groups in total. The van der Waals surface area contributed by atoms with Gasteiger partial charge in [-0.05, 0) is 18.6 Å². The molecule has 0 fully saturated rings. The van der Waals surface area contributed by atoms with Crippen molar-refractivity contribution < 1.29 is 18.9 Å². The molecular formula is C20H28N4O4. The fourth-order valence-electron chi connectivity index (χ4n) is 2.41. The first-order chi connectivity index (χ1) is 13.6. The number of ether oxygens (including phenoxy) is 4. The summed E-state index contributed by atoms with van der Waals surface area (Å²) >= 11 is 0. The maximum atomic E-state index is 5.75. The molecule has 1 heterocycles. The van der Waals surface area contributed by atoms with Crippen LogP contribution in [0.2, 0.25) is 0 Å². The van der Waals surface area contributed by atoms with Gasteiger partial charge in [0.2, 0.25) is 5.95 Å². The number of methoxy groups -OCH3 is 2. The zero-order valence-electron chi connectivity index (χ0n) is 16.7. The van der Waals surface area contributed by atoms with Crippen LogP contribution in [0.15, 0.2) is 31.0 Å². The van der Waals surface area contributed by atoms with Crippen LogP contribution in [0.3, 0.4) is 0 Å². The van der Waals surface area contributed by atoms with Crippen LogP contribution in [-0.2, 0) is 4.74 Å².